The fourth-order valence-corrected chi connectivity index (χ4v) is 3.87. The number of pyridine rings is 1. The number of likely N-dealkylation sites (N-methyl/N-ethyl adjacent to an activating group) is 1. The van der Waals surface area contributed by atoms with Gasteiger partial charge in [0.1, 0.15) is 0 Å². The number of nitrogens with one attached hydrogen (secondary N) is 1. The molecule has 0 aliphatic carbocycles. The van der Waals surface area contributed by atoms with Gasteiger partial charge in [-0.3, -0.25) is 4.68 Å². The number of aryl methyl sites for hydroxylation is 2. The summed E-state index contributed by atoms with van der Waals surface area (Å²) in [5, 5.41) is 10.6. The molecule has 0 unspecified atom stereocenters. The standard InChI is InChI=1S/C20H28N6.ClH/c1-15-18-19(21-9-6-10-26-13-11-24(2)12-14-26)16-7-4-5-8-17(16)22-20(18)25(3)23-15;/h4-5,7-8H,6,9-14H2,1-3H3,(H,21,22);1H. The van der Waals surface area contributed by atoms with Crippen molar-refractivity contribution in [2.75, 3.05) is 51.6 Å². The minimum atomic E-state index is 0. The minimum Gasteiger partial charge on any atom is -0.384 e. The summed E-state index contributed by atoms with van der Waals surface area (Å²) < 4.78 is 1.88. The van der Waals surface area contributed by atoms with Gasteiger partial charge in [0.25, 0.3) is 0 Å². The van der Waals surface area contributed by atoms with Crippen LogP contribution in [0, 0.1) is 6.92 Å². The fraction of sp³-hybridized carbons (Fsp3) is 0.500. The van der Waals surface area contributed by atoms with Crippen LogP contribution in [0.3, 0.4) is 0 Å². The highest BCUT2D eigenvalue weighted by atomic mass is 35.5. The normalized spacial score (nSPS) is 16.0. The maximum Gasteiger partial charge on any atom is 0.160 e. The number of rotatable bonds is 5. The van der Waals surface area contributed by atoms with Crippen LogP contribution in [0.4, 0.5) is 5.69 Å². The summed E-state index contributed by atoms with van der Waals surface area (Å²) in [6.07, 6.45) is 1.14. The largest absolute Gasteiger partial charge is 0.384 e. The first-order valence-electron chi connectivity index (χ1n) is 9.50. The number of piperazine rings is 1. The van der Waals surface area contributed by atoms with Crippen molar-refractivity contribution >= 4 is 40.0 Å². The number of para-hydroxylation sites is 1. The first kappa shape index (κ1) is 19.9. The van der Waals surface area contributed by atoms with Gasteiger partial charge in [-0.25, -0.2) is 4.98 Å². The quantitative estimate of drug-likeness (QED) is 0.681. The average Bonchev–Trinajstić information content (AvgIpc) is 2.93. The Morgan fingerprint density at radius 2 is 1.81 bits per heavy atom. The van der Waals surface area contributed by atoms with E-state index in [2.05, 4.69) is 52.4 Å². The number of hydrogen-bond acceptors (Lipinski definition) is 5. The van der Waals surface area contributed by atoms with Crippen LogP contribution >= 0.6 is 12.4 Å². The van der Waals surface area contributed by atoms with Gasteiger partial charge < -0.3 is 15.1 Å². The van der Waals surface area contributed by atoms with Crippen molar-refractivity contribution in [1.82, 2.24) is 24.6 Å². The second-order valence-electron chi connectivity index (χ2n) is 7.34. The van der Waals surface area contributed by atoms with Crippen LogP contribution < -0.4 is 5.32 Å². The summed E-state index contributed by atoms with van der Waals surface area (Å²) >= 11 is 0. The second-order valence-corrected chi connectivity index (χ2v) is 7.34. The molecule has 0 amide bonds. The first-order valence-corrected chi connectivity index (χ1v) is 9.50. The van der Waals surface area contributed by atoms with Crippen LogP contribution in [0.5, 0.6) is 0 Å². The smallest absolute Gasteiger partial charge is 0.160 e. The lowest BCUT2D eigenvalue weighted by Crippen LogP contribution is -2.44. The number of halogens is 1. The zero-order valence-corrected chi connectivity index (χ0v) is 17.2. The molecule has 1 N–H and O–H groups in total. The Bertz CT molecular complexity index is 914. The molecule has 2 aromatic heterocycles. The molecule has 0 spiro atoms. The Morgan fingerprint density at radius 3 is 2.59 bits per heavy atom. The van der Waals surface area contributed by atoms with E-state index in [0.717, 1.165) is 41.8 Å². The van der Waals surface area contributed by atoms with Crippen LogP contribution in [0.2, 0.25) is 0 Å². The van der Waals surface area contributed by atoms with Gasteiger partial charge in [0.05, 0.1) is 22.3 Å². The zero-order chi connectivity index (χ0) is 18.1. The molecular weight excluding hydrogens is 360 g/mol. The van der Waals surface area contributed by atoms with Crippen molar-refractivity contribution in [1.29, 1.82) is 0 Å². The monoisotopic (exact) mass is 388 g/mol. The summed E-state index contributed by atoms with van der Waals surface area (Å²) in [7, 11) is 4.17. The molecule has 3 aromatic rings. The Morgan fingerprint density at radius 1 is 1.07 bits per heavy atom. The van der Waals surface area contributed by atoms with Crippen molar-refractivity contribution in [3.63, 3.8) is 0 Å². The maximum atomic E-state index is 4.82. The summed E-state index contributed by atoms with van der Waals surface area (Å²) in [4.78, 5) is 9.78. The molecule has 0 radical (unpaired) electrons. The number of hydrogen-bond donors (Lipinski definition) is 1. The third-order valence-electron chi connectivity index (χ3n) is 5.39. The summed E-state index contributed by atoms with van der Waals surface area (Å²) in [5.41, 5.74) is 4.17. The molecule has 3 heterocycles. The van der Waals surface area contributed by atoms with Gasteiger partial charge in [-0.05, 0) is 33.0 Å². The molecular formula is C20H29ClN6. The topological polar surface area (TPSA) is 49.2 Å². The van der Waals surface area contributed by atoms with E-state index in [0.29, 0.717) is 0 Å². The summed E-state index contributed by atoms with van der Waals surface area (Å²) in [6, 6.07) is 8.35. The minimum absolute atomic E-state index is 0. The molecule has 0 saturated carbocycles. The fourth-order valence-electron chi connectivity index (χ4n) is 3.87. The Kier molecular flexibility index (Phi) is 6.19. The zero-order valence-electron chi connectivity index (χ0n) is 16.4. The van der Waals surface area contributed by atoms with Gasteiger partial charge in [0.15, 0.2) is 5.65 Å². The van der Waals surface area contributed by atoms with Gasteiger partial charge in [-0.1, -0.05) is 18.2 Å². The summed E-state index contributed by atoms with van der Waals surface area (Å²) in [5.74, 6) is 0. The van der Waals surface area contributed by atoms with E-state index in [4.69, 9.17) is 4.98 Å². The van der Waals surface area contributed by atoms with E-state index in [9.17, 15) is 0 Å². The average molecular weight is 389 g/mol. The molecule has 1 fully saturated rings. The molecule has 1 saturated heterocycles. The van der Waals surface area contributed by atoms with Crippen molar-refractivity contribution in [3.05, 3.63) is 30.0 Å². The third-order valence-corrected chi connectivity index (χ3v) is 5.39. The number of aromatic nitrogens is 3. The SMILES string of the molecule is Cc1nn(C)c2nc3ccccc3c(NCCCN3CCN(C)CC3)c12.Cl. The van der Waals surface area contributed by atoms with Crippen molar-refractivity contribution in [2.45, 2.75) is 13.3 Å². The Balaban J connectivity index is 0.00000210. The molecule has 0 bridgehead atoms. The van der Waals surface area contributed by atoms with E-state index < -0.39 is 0 Å². The van der Waals surface area contributed by atoms with E-state index in [1.54, 1.807) is 0 Å². The van der Waals surface area contributed by atoms with Crippen molar-refractivity contribution in [2.24, 2.45) is 7.05 Å². The number of nitrogens with zero attached hydrogens (tertiary/aromatic N) is 5. The predicted molar refractivity (Wildman–Crippen MR) is 115 cm³/mol. The van der Waals surface area contributed by atoms with E-state index in [-0.39, 0.29) is 12.4 Å². The molecule has 1 aromatic carbocycles. The highest BCUT2D eigenvalue weighted by Crippen LogP contribution is 2.32. The van der Waals surface area contributed by atoms with Gasteiger partial charge in [-0.15, -0.1) is 12.4 Å². The molecule has 27 heavy (non-hydrogen) atoms. The van der Waals surface area contributed by atoms with E-state index in [1.165, 1.54) is 37.3 Å². The maximum absolute atomic E-state index is 4.82. The van der Waals surface area contributed by atoms with E-state index in [1.807, 2.05) is 17.8 Å². The van der Waals surface area contributed by atoms with Gasteiger partial charge in [0.2, 0.25) is 0 Å². The lowest BCUT2D eigenvalue weighted by atomic mass is 10.1. The molecule has 1 aliphatic heterocycles. The van der Waals surface area contributed by atoms with Gasteiger partial charge in [0, 0.05) is 45.2 Å². The molecule has 4 rings (SSSR count). The third kappa shape index (κ3) is 4.03. The molecule has 0 atom stereocenters. The molecule has 1 aliphatic rings. The molecule has 146 valence electrons. The Labute approximate surface area is 166 Å². The lowest BCUT2D eigenvalue weighted by molar-refractivity contribution is 0.154. The van der Waals surface area contributed by atoms with Gasteiger partial charge in [-0.2, -0.15) is 5.10 Å². The molecule has 7 heteroatoms. The van der Waals surface area contributed by atoms with Gasteiger partial charge >= 0.3 is 0 Å². The Hall–Kier alpha value is -1.89. The van der Waals surface area contributed by atoms with Crippen LogP contribution in [0.15, 0.2) is 24.3 Å². The van der Waals surface area contributed by atoms with Crippen molar-refractivity contribution in [3.8, 4) is 0 Å². The summed E-state index contributed by atoms with van der Waals surface area (Å²) in [6.45, 7) is 8.90. The second kappa shape index (κ2) is 8.42. The van der Waals surface area contributed by atoms with Crippen LogP contribution in [-0.4, -0.2) is 70.9 Å². The van der Waals surface area contributed by atoms with Crippen molar-refractivity contribution < 1.29 is 0 Å². The number of benzene rings is 1. The van der Waals surface area contributed by atoms with Crippen LogP contribution in [-0.2, 0) is 7.05 Å². The van der Waals surface area contributed by atoms with Crippen LogP contribution in [0.25, 0.3) is 21.9 Å². The first-order chi connectivity index (χ1) is 12.6. The highest BCUT2D eigenvalue weighted by Gasteiger charge is 2.16. The predicted octanol–water partition coefficient (Wildman–Crippen LogP) is 2.90. The lowest BCUT2D eigenvalue weighted by Gasteiger charge is -2.32. The molecule has 6 nitrogen and oxygen atoms in total. The number of fused-ring (bicyclic) bond motifs is 2. The van der Waals surface area contributed by atoms with E-state index >= 15 is 0 Å². The number of anilines is 1. The highest BCUT2D eigenvalue weighted by molar-refractivity contribution is 6.07. The van der Waals surface area contributed by atoms with Crippen LogP contribution in [0.1, 0.15) is 12.1 Å².